The maximum atomic E-state index is 11.0. The predicted molar refractivity (Wildman–Crippen MR) is 57.5 cm³/mol. The van der Waals surface area contributed by atoms with Gasteiger partial charge in [0.05, 0.1) is 19.9 Å². The van der Waals surface area contributed by atoms with Crippen LogP contribution >= 0.6 is 0 Å². The summed E-state index contributed by atoms with van der Waals surface area (Å²) in [5, 5.41) is 0. The van der Waals surface area contributed by atoms with E-state index in [1.165, 1.54) is 32.2 Å². The largest absolute Gasteiger partial charge is 0.491 e. The van der Waals surface area contributed by atoms with Crippen LogP contribution in [0.5, 0.6) is 11.5 Å². The molecule has 5 heteroatoms. The third kappa shape index (κ3) is 2.42. The summed E-state index contributed by atoms with van der Waals surface area (Å²) in [5.74, 6) is 1.11. The second-order valence-corrected chi connectivity index (χ2v) is 3.84. The molecular weight excluding hydrogens is 208 g/mol. The molecule has 0 aromatic carbocycles. The molecule has 0 radical (unpaired) electrons. The zero-order chi connectivity index (χ0) is 11.5. The summed E-state index contributed by atoms with van der Waals surface area (Å²) in [5.41, 5.74) is 5.33. The minimum atomic E-state index is -0.570. The molecule has 2 rings (SSSR count). The van der Waals surface area contributed by atoms with Gasteiger partial charge in [-0.15, -0.1) is 0 Å². The van der Waals surface area contributed by atoms with Crippen molar-refractivity contribution in [3.63, 3.8) is 0 Å². The first kappa shape index (κ1) is 10.7. The molecule has 2 N–H and O–H groups in total. The van der Waals surface area contributed by atoms with E-state index >= 15 is 0 Å². The van der Waals surface area contributed by atoms with Crippen LogP contribution in [0, 0.1) is 5.92 Å². The lowest BCUT2D eigenvalue weighted by Gasteiger charge is -2.10. The molecule has 0 atom stereocenters. The van der Waals surface area contributed by atoms with Gasteiger partial charge in [0.1, 0.15) is 5.69 Å². The number of hydrogen-bond donors (Lipinski definition) is 1. The molecule has 1 aliphatic carbocycles. The number of primary amides is 1. The van der Waals surface area contributed by atoms with E-state index in [0.717, 1.165) is 0 Å². The van der Waals surface area contributed by atoms with Crippen molar-refractivity contribution in [2.24, 2.45) is 11.7 Å². The molecule has 1 saturated carbocycles. The number of nitrogens with two attached hydrogens (primary N) is 1. The van der Waals surface area contributed by atoms with Crippen molar-refractivity contribution in [3.8, 4) is 11.5 Å². The molecule has 86 valence electrons. The highest BCUT2D eigenvalue weighted by molar-refractivity contribution is 5.91. The number of carbonyl (C=O) groups excluding carboxylic acids is 1. The molecule has 1 fully saturated rings. The van der Waals surface area contributed by atoms with E-state index in [9.17, 15) is 4.79 Å². The highest BCUT2D eigenvalue weighted by Gasteiger charge is 2.22. The normalized spacial score (nSPS) is 14.6. The second-order valence-electron chi connectivity index (χ2n) is 3.84. The Hall–Kier alpha value is -1.78. The fourth-order valence-corrected chi connectivity index (χ4v) is 1.32. The number of aromatic nitrogens is 1. The number of rotatable bonds is 5. The Morgan fingerprint density at radius 2 is 2.31 bits per heavy atom. The van der Waals surface area contributed by atoms with Gasteiger partial charge >= 0.3 is 0 Å². The molecule has 0 aliphatic heterocycles. The van der Waals surface area contributed by atoms with E-state index in [1.54, 1.807) is 0 Å². The average Bonchev–Trinajstić information content (AvgIpc) is 3.09. The summed E-state index contributed by atoms with van der Waals surface area (Å²) in [6.45, 7) is 0.651. The van der Waals surface area contributed by atoms with Gasteiger partial charge < -0.3 is 15.2 Å². The molecule has 1 amide bonds. The van der Waals surface area contributed by atoms with Crippen LogP contribution in [0.15, 0.2) is 12.3 Å². The molecular formula is C11H14N2O3. The molecule has 1 heterocycles. The molecule has 1 aromatic rings. The first-order valence-electron chi connectivity index (χ1n) is 5.17. The third-order valence-corrected chi connectivity index (χ3v) is 2.48. The van der Waals surface area contributed by atoms with Gasteiger partial charge in [0.15, 0.2) is 11.5 Å². The fraction of sp³-hybridized carbons (Fsp3) is 0.455. The van der Waals surface area contributed by atoms with Crippen LogP contribution in [0.1, 0.15) is 23.3 Å². The Kier molecular flexibility index (Phi) is 2.94. The molecule has 1 aliphatic rings. The zero-order valence-electron chi connectivity index (χ0n) is 9.10. The van der Waals surface area contributed by atoms with Crippen molar-refractivity contribution in [1.29, 1.82) is 0 Å². The van der Waals surface area contributed by atoms with Crippen molar-refractivity contribution >= 4 is 5.91 Å². The fourth-order valence-electron chi connectivity index (χ4n) is 1.32. The number of ether oxygens (including phenoxy) is 2. The highest BCUT2D eigenvalue weighted by atomic mass is 16.5. The highest BCUT2D eigenvalue weighted by Crippen LogP contribution is 2.32. The lowest BCUT2D eigenvalue weighted by Crippen LogP contribution is -2.13. The lowest BCUT2D eigenvalue weighted by molar-refractivity contribution is 0.0995. The van der Waals surface area contributed by atoms with E-state index in [1.807, 2.05) is 0 Å². The van der Waals surface area contributed by atoms with Crippen molar-refractivity contribution in [2.45, 2.75) is 12.8 Å². The maximum Gasteiger partial charge on any atom is 0.267 e. The Morgan fingerprint density at radius 3 is 2.88 bits per heavy atom. The van der Waals surface area contributed by atoms with E-state index in [0.29, 0.717) is 24.0 Å². The van der Waals surface area contributed by atoms with Gasteiger partial charge in [-0.05, 0) is 18.8 Å². The minimum absolute atomic E-state index is 0.187. The Morgan fingerprint density at radius 1 is 1.56 bits per heavy atom. The van der Waals surface area contributed by atoms with Gasteiger partial charge in [0, 0.05) is 6.07 Å². The number of carbonyl (C=O) groups is 1. The Bertz CT molecular complexity index is 402. The molecule has 0 bridgehead atoms. The van der Waals surface area contributed by atoms with Crippen LogP contribution in [0.25, 0.3) is 0 Å². The van der Waals surface area contributed by atoms with Crippen molar-refractivity contribution in [1.82, 2.24) is 4.98 Å². The summed E-state index contributed by atoms with van der Waals surface area (Å²) in [6, 6.07) is 1.52. The number of methoxy groups -OCH3 is 1. The van der Waals surface area contributed by atoms with Crippen LogP contribution in [-0.4, -0.2) is 24.6 Å². The molecule has 0 saturated heterocycles. The second kappa shape index (κ2) is 4.38. The van der Waals surface area contributed by atoms with Crippen molar-refractivity contribution in [2.75, 3.05) is 13.7 Å². The topological polar surface area (TPSA) is 74.4 Å². The van der Waals surface area contributed by atoms with Gasteiger partial charge in [0.2, 0.25) is 0 Å². The standard InChI is InChI=1S/C11H14N2O3/c1-15-10-5-13-8(11(12)14)4-9(10)16-6-7-2-3-7/h4-5,7H,2-3,6H2,1H3,(H2,12,14). The van der Waals surface area contributed by atoms with Gasteiger partial charge in [-0.2, -0.15) is 0 Å². The Balaban J connectivity index is 2.16. The number of pyridine rings is 1. The van der Waals surface area contributed by atoms with E-state index < -0.39 is 5.91 Å². The molecule has 0 spiro atoms. The Labute approximate surface area is 93.6 Å². The molecule has 5 nitrogen and oxygen atoms in total. The quantitative estimate of drug-likeness (QED) is 0.805. The van der Waals surface area contributed by atoms with Gasteiger partial charge in [0.25, 0.3) is 5.91 Å². The summed E-state index contributed by atoms with van der Waals surface area (Å²) >= 11 is 0. The SMILES string of the molecule is COc1cnc(C(N)=O)cc1OCC1CC1. The molecule has 0 unspecified atom stereocenters. The van der Waals surface area contributed by atoms with Crippen LogP contribution in [0.3, 0.4) is 0 Å². The summed E-state index contributed by atoms with van der Waals surface area (Å²) in [7, 11) is 1.53. The summed E-state index contributed by atoms with van der Waals surface area (Å²) in [6.07, 6.45) is 3.86. The number of nitrogens with zero attached hydrogens (tertiary/aromatic N) is 1. The number of hydrogen-bond acceptors (Lipinski definition) is 4. The molecule has 1 aromatic heterocycles. The van der Waals surface area contributed by atoms with Crippen molar-refractivity contribution in [3.05, 3.63) is 18.0 Å². The van der Waals surface area contributed by atoms with Gasteiger partial charge in [-0.25, -0.2) is 4.98 Å². The maximum absolute atomic E-state index is 11.0. The summed E-state index contributed by atoms with van der Waals surface area (Å²) < 4.78 is 10.7. The predicted octanol–water partition coefficient (Wildman–Crippen LogP) is 0.978. The third-order valence-electron chi connectivity index (χ3n) is 2.48. The monoisotopic (exact) mass is 222 g/mol. The van der Waals surface area contributed by atoms with Crippen LogP contribution in [0.2, 0.25) is 0 Å². The lowest BCUT2D eigenvalue weighted by atomic mass is 10.3. The van der Waals surface area contributed by atoms with E-state index in [-0.39, 0.29) is 5.69 Å². The smallest absolute Gasteiger partial charge is 0.267 e. The van der Waals surface area contributed by atoms with E-state index in [4.69, 9.17) is 15.2 Å². The van der Waals surface area contributed by atoms with Gasteiger partial charge in [-0.1, -0.05) is 0 Å². The minimum Gasteiger partial charge on any atom is -0.491 e. The number of amides is 1. The zero-order valence-corrected chi connectivity index (χ0v) is 9.10. The van der Waals surface area contributed by atoms with Crippen LogP contribution in [-0.2, 0) is 0 Å². The average molecular weight is 222 g/mol. The first-order chi connectivity index (χ1) is 7.70. The van der Waals surface area contributed by atoms with Crippen molar-refractivity contribution < 1.29 is 14.3 Å². The van der Waals surface area contributed by atoms with Gasteiger partial charge in [-0.3, -0.25) is 4.79 Å². The van der Waals surface area contributed by atoms with Crippen LogP contribution in [0.4, 0.5) is 0 Å². The van der Waals surface area contributed by atoms with Crippen LogP contribution < -0.4 is 15.2 Å². The summed E-state index contributed by atoms with van der Waals surface area (Å²) in [4.78, 5) is 14.8. The molecule has 16 heavy (non-hydrogen) atoms. The first-order valence-corrected chi connectivity index (χ1v) is 5.17. The van der Waals surface area contributed by atoms with E-state index in [2.05, 4.69) is 4.98 Å².